The van der Waals surface area contributed by atoms with Gasteiger partial charge in [0.2, 0.25) is 0 Å². The molecule has 2 heterocycles. The molecule has 5 heteroatoms. The summed E-state index contributed by atoms with van der Waals surface area (Å²) in [5.41, 5.74) is -0.102. The monoisotopic (exact) mass is 271 g/mol. The summed E-state index contributed by atoms with van der Waals surface area (Å²) < 4.78 is 6.47. The molecule has 0 atom stereocenters. The van der Waals surface area contributed by atoms with Crippen LogP contribution in [0.4, 0.5) is 5.82 Å². The molecular weight excluding hydrogens is 258 g/mol. The quantitative estimate of drug-likeness (QED) is 0.731. The Morgan fingerprint density at radius 1 is 1.47 bits per heavy atom. The van der Waals surface area contributed by atoms with Gasteiger partial charge in [-0.15, -0.1) is 0 Å². The number of nitrogens with zero attached hydrogens (tertiary/aromatic N) is 3. The summed E-state index contributed by atoms with van der Waals surface area (Å²) in [7, 11) is 0. The Hall–Kier alpha value is -0.680. The highest BCUT2D eigenvalue weighted by molar-refractivity contribution is 9.10. The largest absolute Gasteiger partial charge is 0.372 e. The summed E-state index contributed by atoms with van der Waals surface area (Å²) in [5.74, 6) is 0.952. The second kappa shape index (κ2) is 4.06. The average molecular weight is 272 g/mol. The highest BCUT2D eigenvalue weighted by Crippen LogP contribution is 2.22. The lowest BCUT2D eigenvalue weighted by molar-refractivity contribution is -0.0279. The van der Waals surface area contributed by atoms with Crippen molar-refractivity contribution in [3.8, 4) is 0 Å². The first-order valence-corrected chi connectivity index (χ1v) is 5.73. The summed E-state index contributed by atoms with van der Waals surface area (Å²) >= 11 is 3.35. The minimum absolute atomic E-state index is 0.102. The Morgan fingerprint density at radius 3 is 2.93 bits per heavy atom. The maximum atomic E-state index is 5.65. The summed E-state index contributed by atoms with van der Waals surface area (Å²) in [5, 5.41) is 0. The van der Waals surface area contributed by atoms with Gasteiger partial charge in [-0.1, -0.05) is 0 Å². The average Bonchev–Trinajstić information content (AvgIpc) is 2.16. The number of anilines is 1. The van der Waals surface area contributed by atoms with Crippen molar-refractivity contribution in [3.63, 3.8) is 0 Å². The van der Waals surface area contributed by atoms with Gasteiger partial charge in [-0.2, -0.15) is 0 Å². The van der Waals surface area contributed by atoms with Crippen molar-refractivity contribution in [2.24, 2.45) is 0 Å². The summed E-state index contributed by atoms with van der Waals surface area (Å²) in [6.45, 7) is 6.67. The third kappa shape index (κ3) is 2.66. The van der Waals surface area contributed by atoms with E-state index in [1.54, 1.807) is 6.33 Å². The number of aromatic nitrogens is 2. The van der Waals surface area contributed by atoms with Crippen molar-refractivity contribution in [1.82, 2.24) is 9.97 Å². The van der Waals surface area contributed by atoms with Gasteiger partial charge in [0, 0.05) is 19.2 Å². The van der Waals surface area contributed by atoms with E-state index in [0.29, 0.717) is 0 Å². The zero-order valence-electron chi connectivity index (χ0n) is 8.90. The van der Waals surface area contributed by atoms with E-state index in [1.807, 2.05) is 6.07 Å². The second-order valence-corrected chi connectivity index (χ2v) is 5.04. The molecule has 1 fully saturated rings. The Morgan fingerprint density at radius 2 is 2.27 bits per heavy atom. The van der Waals surface area contributed by atoms with Crippen LogP contribution in [0.1, 0.15) is 13.8 Å². The fourth-order valence-electron chi connectivity index (χ4n) is 1.71. The van der Waals surface area contributed by atoms with Gasteiger partial charge in [0.15, 0.2) is 0 Å². The van der Waals surface area contributed by atoms with Crippen molar-refractivity contribution in [1.29, 1.82) is 0 Å². The fourth-order valence-corrected chi connectivity index (χ4v) is 2.01. The van der Waals surface area contributed by atoms with Crippen molar-refractivity contribution in [2.45, 2.75) is 19.4 Å². The molecule has 1 aromatic rings. The highest BCUT2D eigenvalue weighted by atomic mass is 79.9. The third-order valence-corrected chi connectivity index (χ3v) is 2.80. The molecule has 82 valence electrons. The number of morpholine rings is 1. The van der Waals surface area contributed by atoms with Gasteiger partial charge in [0.1, 0.15) is 16.7 Å². The van der Waals surface area contributed by atoms with Crippen LogP contribution in [-0.2, 0) is 4.74 Å². The van der Waals surface area contributed by atoms with Gasteiger partial charge in [0.25, 0.3) is 0 Å². The zero-order chi connectivity index (χ0) is 10.9. The molecule has 0 radical (unpaired) electrons. The molecule has 0 saturated carbocycles. The number of halogens is 1. The Balaban J connectivity index is 2.17. The van der Waals surface area contributed by atoms with E-state index in [-0.39, 0.29) is 5.60 Å². The van der Waals surface area contributed by atoms with Gasteiger partial charge >= 0.3 is 0 Å². The lowest BCUT2D eigenvalue weighted by Gasteiger charge is -2.38. The standard InChI is InChI=1S/C10H14BrN3O/c1-10(2)6-14(3-4-15-10)9-5-8(11)12-7-13-9/h5,7H,3-4,6H2,1-2H3. The normalized spacial score (nSPS) is 20.3. The van der Waals surface area contributed by atoms with E-state index in [0.717, 1.165) is 30.1 Å². The first-order chi connectivity index (χ1) is 7.07. The minimum atomic E-state index is -0.102. The number of ether oxygens (including phenoxy) is 1. The van der Waals surface area contributed by atoms with Crippen molar-refractivity contribution in [3.05, 3.63) is 17.0 Å². The lowest BCUT2D eigenvalue weighted by Crippen LogP contribution is -2.48. The molecule has 1 aromatic heterocycles. The fraction of sp³-hybridized carbons (Fsp3) is 0.600. The van der Waals surface area contributed by atoms with Gasteiger partial charge in [-0.05, 0) is 29.8 Å². The molecule has 2 rings (SSSR count). The molecule has 4 nitrogen and oxygen atoms in total. The zero-order valence-corrected chi connectivity index (χ0v) is 10.5. The van der Waals surface area contributed by atoms with Crippen LogP contribution in [0.2, 0.25) is 0 Å². The molecule has 1 aliphatic heterocycles. The maximum Gasteiger partial charge on any atom is 0.133 e. The molecule has 1 saturated heterocycles. The number of hydrogen-bond acceptors (Lipinski definition) is 4. The highest BCUT2D eigenvalue weighted by Gasteiger charge is 2.27. The van der Waals surface area contributed by atoms with Crippen LogP contribution in [0.25, 0.3) is 0 Å². The van der Waals surface area contributed by atoms with Crippen LogP contribution in [0.15, 0.2) is 17.0 Å². The first-order valence-electron chi connectivity index (χ1n) is 4.93. The maximum absolute atomic E-state index is 5.65. The molecular formula is C10H14BrN3O. The van der Waals surface area contributed by atoms with Gasteiger partial charge < -0.3 is 9.64 Å². The van der Waals surface area contributed by atoms with Gasteiger partial charge in [-0.3, -0.25) is 0 Å². The Labute approximate surface area is 97.8 Å². The SMILES string of the molecule is CC1(C)CN(c2cc(Br)ncn2)CCO1. The molecule has 0 spiro atoms. The topological polar surface area (TPSA) is 38.2 Å². The summed E-state index contributed by atoms with van der Waals surface area (Å²) in [4.78, 5) is 10.5. The molecule has 15 heavy (non-hydrogen) atoms. The van der Waals surface area contributed by atoms with E-state index in [4.69, 9.17) is 4.74 Å². The van der Waals surface area contributed by atoms with Crippen LogP contribution in [0, 0.1) is 0 Å². The van der Waals surface area contributed by atoms with Crippen LogP contribution < -0.4 is 4.90 Å². The van der Waals surface area contributed by atoms with Crippen molar-refractivity contribution in [2.75, 3.05) is 24.6 Å². The van der Waals surface area contributed by atoms with Gasteiger partial charge in [-0.25, -0.2) is 9.97 Å². The Kier molecular flexibility index (Phi) is 2.93. The van der Waals surface area contributed by atoms with E-state index in [2.05, 4.69) is 44.6 Å². The molecule has 0 bridgehead atoms. The number of rotatable bonds is 1. The van der Waals surface area contributed by atoms with Crippen LogP contribution in [0.3, 0.4) is 0 Å². The smallest absolute Gasteiger partial charge is 0.133 e. The van der Waals surface area contributed by atoms with Crippen molar-refractivity contribution >= 4 is 21.7 Å². The van der Waals surface area contributed by atoms with Crippen molar-refractivity contribution < 1.29 is 4.74 Å². The van der Waals surface area contributed by atoms with E-state index >= 15 is 0 Å². The second-order valence-electron chi connectivity index (χ2n) is 4.23. The van der Waals surface area contributed by atoms with Crippen LogP contribution in [0.5, 0.6) is 0 Å². The van der Waals surface area contributed by atoms with Gasteiger partial charge in [0.05, 0.1) is 12.2 Å². The molecule has 0 N–H and O–H groups in total. The van der Waals surface area contributed by atoms with Crippen LogP contribution in [-0.4, -0.2) is 35.3 Å². The van der Waals surface area contributed by atoms with Crippen LogP contribution >= 0.6 is 15.9 Å². The Bertz CT molecular complexity index is 356. The molecule has 0 unspecified atom stereocenters. The third-order valence-electron chi connectivity index (χ3n) is 2.37. The van der Waals surface area contributed by atoms with E-state index in [9.17, 15) is 0 Å². The molecule has 0 amide bonds. The predicted octanol–water partition coefficient (Wildman–Crippen LogP) is 1.85. The first kappa shape index (κ1) is 10.8. The van der Waals surface area contributed by atoms with E-state index < -0.39 is 0 Å². The predicted molar refractivity (Wildman–Crippen MR) is 62.0 cm³/mol. The summed E-state index contributed by atoms with van der Waals surface area (Å²) in [6.07, 6.45) is 1.57. The molecule has 0 aliphatic carbocycles. The molecule has 0 aromatic carbocycles. The number of hydrogen-bond donors (Lipinski definition) is 0. The minimum Gasteiger partial charge on any atom is -0.372 e. The summed E-state index contributed by atoms with van der Waals surface area (Å²) in [6, 6.07) is 1.93. The molecule has 1 aliphatic rings. The van der Waals surface area contributed by atoms with E-state index in [1.165, 1.54) is 0 Å². The lowest BCUT2D eigenvalue weighted by atomic mass is 10.1.